The fourth-order valence-electron chi connectivity index (χ4n) is 1.82. The van der Waals surface area contributed by atoms with Gasteiger partial charge in [0.05, 0.1) is 23.0 Å². The summed E-state index contributed by atoms with van der Waals surface area (Å²) in [5.74, 6) is -0.221. The van der Waals surface area contributed by atoms with Gasteiger partial charge in [0, 0.05) is 19.7 Å². The third-order valence-electron chi connectivity index (χ3n) is 2.86. The van der Waals surface area contributed by atoms with Crippen LogP contribution in [0.25, 0.3) is 0 Å². The van der Waals surface area contributed by atoms with Crippen LogP contribution in [0.2, 0.25) is 0 Å². The van der Waals surface area contributed by atoms with Crippen molar-refractivity contribution in [2.75, 3.05) is 18.5 Å². The fourth-order valence-corrected chi connectivity index (χ4v) is 1.82. The van der Waals surface area contributed by atoms with Crippen molar-refractivity contribution in [3.05, 3.63) is 33.9 Å². The lowest BCUT2D eigenvalue weighted by Crippen LogP contribution is -2.24. The summed E-state index contributed by atoms with van der Waals surface area (Å²) in [6, 6.07) is 6.72. The van der Waals surface area contributed by atoms with Crippen LogP contribution in [0.15, 0.2) is 18.2 Å². The quantitative estimate of drug-likeness (QED) is 0.650. The molecule has 19 heavy (non-hydrogen) atoms. The Hall–Kier alpha value is -2.13. The maximum absolute atomic E-state index is 11.1. The van der Waals surface area contributed by atoms with Crippen LogP contribution in [0, 0.1) is 27.4 Å². The Morgan fingerprint density at radius 2 is 2.16 bits per heavy atom. The van der Waals surface area contributed by atoms with Crippen LogP contribution in [0.5, 0.6) is 0 Å². The number of nitro benzene ring substituents is 1. The van der Waals surface area contributed by atoms with E-state index in [4.69, 9.17) is 5.26 Å². The first kappa shape index (κ1) is 14.9. The second-order valence-corrected chi connectivity index (χ2v) is 4.59. The Bertz CT molecular complexity index is 508. The largest absolute Gasteiger partial charge is 0.389 e. The Labute approximate surface area is 112 Å². The van der Waals surface area contributed by atoms with E-state index in [2.05, 4.69) is 6.07 Å². The number of benzene rings is 1. The number of hydrogen-bond acceptors (Lipinski definition) is 5. The number of nitrogens with zero attached hydrogens (tertiary/aromatic N) is 3. The molecule has 0 saturated carbocycles. The van der Waals surface area contributed by atoms with Crippen molar-refractivity contribution < 1.29 is 10.0 Å². The second kappa shape index (κ2) is 6.16. The van der Waals surface area contributed by atoms with Crippen molar-refractivity contribution in [3.63, 3.8) is 0 Å². The Balaban J connectivity index is 3.13. The van der Waals surface area contributed by atoms with Gasteiger partial charge in [0.2, 0.25) is 0 Å². The zero-order chi connectivity index (χ0) is 14.6. The molecule has 1 N–H and O–H groups in total. The first-order valence-electron chi connectivity index (χ1n) is 5.94. The van der Waals surface area contributed by atoms with Crippen molar-refractivity contribution >= 4 is 11.4 Å². The molecule has 1 aromatic carbocycles. The number of aliphatic hydroxyl groups excluding tert-OH is 1. The molecule has 1 rings (SSSR count). The molecule has 0 aliphatic rings. The normalized spacial score (nSPS) is 13.4. The number of hydrogen-bond donors (Lipinski definition) is 1. The van der Waals surface area contributed by atoms with Gasteiger partial charge < -0.3 is 10.0 Å². The molecule has 0 fully saturated rings. The van der Waals surface area contributed by atoms with E-state index in [0.717, 1.165) is 0 Å². The van der Waals surface area contributed by atoms with Crippen LogP contribution < -0.4 is 4.90 Å². The zero-order valence-electron chi connectivity index (χ0n) is 11.2. The van der Waals surface area contributed by atoms with E-state index < -0.39 is 11.0 Å². The molecular weight excluding hydrogens is 246 g/mol. The van der Waals surface area contributed by atoms with E-state index in [1.165, 1.54) is 6.07 Å². The molecule has 0 heterocycles. The topological polar surface area (TPSA) is 90.4 Å². The van der Waals surface area contributed by atoms with E-state index in [0.29, 0.717) is 17.8 Å². The van der Waals surface area contributed by atoms with E-state index in [1.54, 1.807) is 37.9 Å². The molecule has 102 valence electrons. The van der Waals surface area contributed by atoms with Crippen molar-refractivity contribution in [1.82, 2.24) is 0 Å². The molecule has 0 aliphatic heterocycles. The molecule has 0 radical (unpaired) electrons. The van der Waals surface area contributed by atoms with E-state index in [9.17, 15) is 15.2 Å². The van der Waals surface area contributed by atoms with Crippen LogP contribution >= 0.6 is 0 Å². The summed E-state index contributed by atoms with van der Waals surface area (Å²) in [5, 5.41) is 29.3. The molecule has 0 aliphatic carbocycles. The molecule has 0 spiro atoms. The van der Waals surface area contributed by atoms with Gasteiger partial charge in [-0.05, 0) is 25.5 Å². The zero-order valence-corrected chi connectivity index (χ0v) is 11.2. The highest BCUT2D eigenvalue weighted by Gasteiger charge is 2.20. The van der Waals surface area contributed by atoms with Gasteiger partial charge >= 0.3 is 0 Å². The molecule has 0 aromatic heterocycles. The average Bonchev–Trinajstić information content (AvgIpc) is 2.37. The molecule has 1 unspecified atom stereocenters. The lowest BCUT2D eigenvalue weighted by atomic mass is 10.1. The first-order valence-corrected chi connectivity index (χ1v) is 5.94. The van der Waals surface area contributed by atoms with Gasteiger partial charge in [-0.25, -0.2) is 0 Å². The lowest BCUT2D eigenvalue weighted by Gasteiger charge is -2.20. The average molecular weight is 263 g/mol. The minimum absolute atomic E-state index is 0.0639. The summed E-state index contributed by atoms with van der Waals surface area (Å²) < 4.78 is 0. The van der Waals surface area contributed by atoms with Crippen molar-refractivity contribution in [2.24, 2.45) is 5.92 Å². The molecule has 6 heteroatoms. The lowest BCUT2D eigenvalue weighted by molar-refractivity contribution is -0.384. The van der Waals surface area contributed by atoms with Crippen LogP contribution in [0.3, 0.4) is 0 Å². The van der Waals surface area contributed by atoms with Gasteiger partial charge in [0.1, 0.15) is 5.69 Å². The third kappa shape index (κ3) is 3.66. The Kier molecular flexibility index (Phi) is 4.84. The van der Waals surface area contributed by atoms with Gasteiger partial charge in [0.15, 0.2) is 0 Å². The van der Waals surface area contributed by atoms with Gasteiger partial charge in [0.25, 0.3) is 5.69 Å². The van der Waals surface area contributed by atoms with Crippen LogP contribution in [0.1, 0.15) is 25.5 Å². The van der Waals surface area contributed by atoms with Gasteiger partial charge in [-0.1, -0.05) is 6.07 Å². The van der Waals surface area contributed by atoms with Gasteiger partial charge in [-0.3, -0.25) is 10.1 Å². The summed E-state index contributed by atoms with van der Waals surface area (Å²) in [5.41, 5.74) is 0.875. The van der Waals surface area contributed by atoms with Crippen LogP contribution in [-0.2, 0) is 0 Å². The second-order valence-electron chi connectivity index (χ2n) is 4.59. The molecule has 1 aromatic rings. The maximum atomic E-state index is 11.1. The van der Waals surface area contributed by atoms with Crippen molar-refractivity contribution in [3.8, 4) is 6.07 Å². The predicted octanol–water partition coefficient (Wildman–Crippen LogP) is 2.24. The number of rotatable bonds is 5. The highest BCUT2D eigenvalue weighted by Crippen LogP contribution is 2.30. The van der Waals surface area contributed by atoms with Gasteiger partial charge in [-0.15, -0.1) is 0 Å². The van der Waals surface area contributed by atoms with E-state index >= 15 is 0 Å². The molecule has 0 amide bonds. The summed E-state index contributed by atoms with van der Waals surface area (Å²) in [6.45, 7) is 3.72. The van der Waals surface area contributed by atoms with Gasteiger partial charge in [-0.2, -0.15) is 5.26 Å². The summed E-state index contributed by atoms with van der Waals surface area (Å²) in [6.07, 6.45) is -0.754. The summed E-state index contributed by atoms with van der Waals surface area (Å²) in [7, 11) is 1.71. The minimum atomic E-state index is -0.754. The predicted molar refractivity (Wildman–Crippen MR) is 71.8 cm³/mol. The molecule has 0 bridgehead atoms. The smallest absolute Gasteiger partial charge is 0.292 e. The van der Waals surface area contributed by atoms with Crippen molar-refractivity contribution in [2.45, 2.75) is 20.0 Å². The number of anilines is 1. The molecule has 0 saturated heterocycles. The number of nitro groups is 1. The SMILES string of the molecule is CC(C#N)CN(C)c1ccc([C@H](C)O)cc1[N+](=O)[O-]. The van der Waals surface area contributed by atoms with Crippen molar-refractivity contribution in [1.29, 1.82) is 5.26 Å². The monoisotopic (exact) mass is 263 g/mol. The summed E-state index contributed by atoms with van der Waals surface area (Å²) >= 11 is 0. The standard InChI is InChI=1S/C13H17N3O3/c1-9(7-14)8-15(3)12-5-4-11(10(2)17)6-13(12)16(18)19/h4-6,9-10,17H,8H2,1-3H3/t9?,10-/m0/s1. The fraction of sp³-hybridized carbons (Fsp3) is 0.462. The third-order valence-corrected chi connectivity index (χ3v) is 2.86. The highest BCUT2D eigenvalue weighted by molar-refractivity contribution is 5.64. The first-order chi connectivity index (χ1) is 8.86. The summed E-state index contributed by atoms with van der Waals surface area (Å²) in [4.78, 5) is 12.3. The Morgan fingerprint density at radius 1 is 1.53 bits per heavy atom. The molecule has 2 atom stereocenters. The maximum Gasteiger partial charge on any atom is 0.292 e. The van der Waals surface area contributed by atoms with Crippen LogP contribution in [-0.4, -0.2) is 23.6 Å². The van der Waals surface area contributed by atoms with E-state index in [1.807, 2.05) is 0 Å². The Morgan fingerprint density at radius 3 is 2.63 bits per heavy atom. The van der Waals surface area contributed by atoms with Crippen LogP contribution in [0.4, 0.5) is 11.4 Å². The molecular formula is C13H17N3O3. The van der Waals surface area contributed by atoms with E-state index in [-0.39, 0.29) is 11.6 Å². The number of nitriles is 1. The minimum Gasteiger partial charge on any atom is -0.389 e. The number of aliphatic hydroxyl groups is 1. The highest BCUT2D eigenvalue weighted by atomic mass is 16.6. The molecule has 6 nitrogen and oxygen atoms in total.